The van der Waals surface area contributed by atoms with Crippen molar-refractivity contribution in [3.63, 3.8) is 0 Å². The van der Waals surface area contributed by atoms with Crippen molar-refractivity contribution in [2.45, 2.75) is 46.1 Å². The molecule has 1 atom stereocenters. The maximum atomic E-state index is 13.1. The summed E-state index contributed by atoms with van der Waals surface area (Å²) in [6.45, 7) is 6.42. The van der Waals surface area contributed by atoms with Crippen molar-refractivity contribution in [3.8, 4) is 11.3 Å². The van der Waals surface area contributed by atoms with E-state index in [0.717, 1.165) is 47.7 Å². The normalized spacial score (nSPS) is 17.1. The van der Waals surface area contributed by atoms with Crippen LogP contribution in [0.2, 0.25) is 0 Å². The molecule has 146 valence electrons. The van der Waals surface area contributed by atoms with Crippen LogP contribution in [-0.4, -0.2) is 42.3 Å². The lowest BCUT2D eigenvalue weighted by Gasteiger charge is -2.34. The minimum atomic E-state index is -0.152. The van der Waals surface area contributed by atoms with Gasteiger partial charge in [-0.15, -0.1) is 0 Å². The number of piperidine rings is 1. The Kier molecular flexibility index (Phi) is 4.70. The molecule has 3 aromatic rings. The molecule has 0 radical (unpaired) electrons. The highest BCUT2D eigenvalue weighted by Crippen LogP contribution is 2.33. The van der Waals surface area contributed by atoms with Gasteiger partial charge in [0.2, 0.25) is 0 Å². The SMILES string of the molecule is Cc1cc(-c2c(C)noc2C)nc(C2CCCCN2C(=O)c2cnn(C)c2)n1. The molecule has 0 spiro atoms. The zero-order valence-electron chi connectivity index (χ0n) is 16.6. The summed E-state index contributed by atoms with van der Waals surface area (Å²) in [6.07, 6.45) is 6.22. The highest BCUT2D eigenvalue weighted by Gasteiger charge is 2.32. The van der Waals surface area contributed by atoms with E-state index in [1.54, 1.807) is 17.1 Å². The summed E-state index contributed by atoms with van der Waals surface area (Å²) in [7, 11) is 1.81. The third-order valence-electron chi connectivity index (χ3n) is 5.17. The van der Waals surface area contributed by atoms with Crippen LogP contribution in [0.15, 0.2) is 23.0 Å². The first kappa shape index (κ1) is 18.3. The fourth-order valence-electron chi connectivity index (χ4n) is 3.86. The second-order valence-electron chi connectivity index (χ2n) is 7.36. The Bertz CT molecular complexity index is 1000. The van der Waals surface area contributed by atoms with Crippen molar-refractivity contribution >= 4 is 5.91 Å². The van der Waals surface area contributed by atoms with Gasteiger partial charge >= 0.3 is 0 Å². The molecule has 1 aliphatic rings. The van der Waals surface area contributed by atoms with Gasteiger partial charge in [-0.1, -0.05) is 5.16 Å². The number of carbonyl (C=O) groups is 1. The molecule has 1 fully saturated rings. The fraction of sp³-hybridized carbons (Fsp3) is 0.450. The molecule has 1 unspecified atom stereocenters. The molecule has 4 heterocycles. The van der Waals surface area contributed by atoms with Crippen LogP contribution in [-0.2, 0) is 7.05 Å². The van der Waals surface area contributed by atoms with E-state index in [2.05, 4.69) is 15.2 Å². The van der Waals surface area contributed by atoms with E-state index in [4.69, 9.17) is 9.51 Å². The van der Waals surface area contributed by atoms with Gasteiger partial charge in [0.25, 0.3) is 5.91 Å². The molecule has 0 bridgehead atoms. The van der Waals surface area contributed by atoms with Crippen LogP contribution in [0.5, 0.6) is 0 Å². The lowest BCUT2D eigenvalue weighted by molar-refractivity contribution is 0.0599. The molecule has 0 N–H and O–H groups in total. The van der Waals surface area contributed by atoms with E-state index in [1.807, 2.05) is 38.8 Å². The van der Waals surface area contributed by atoms with Crippen molar-refractivity contribution < 1.29 is 9.32 Å². The summed E-state index contributed by atoms with van der Waals surface area (Å²) in [5.74, 6) is 1.38. The fourth-order valence-corrected chi connectivity index (χ4v) is 3.86. The number of likely N-dealkylation sites (tertiary alicyclic amines) is 1. The minimum absolute atomic E-state index is 0.0261. The van der Waals surface area contributed by atoms with Gasteiger partial charge in [0.1, 0.15) is 5.76 Å². The number of nitrogens with zero attached hydrogens (tertiary/aromatic N) is 6. The zero-order valence-corrected chi connectivity index (χ0v) is 16.6. The largest absolute Gasteiger partial charge is 0.361 e. The number of aryl methyl sites for hydroxylation is 4. The van der Waals surface area contributed by atoms with Gasteiger partial charge in [-0.05, 0) is 46.1 Å². The van der Waals surface area contributed by atoms with Crippen LogP contribution < -0.4 is 0 Å². The molecule has 28 heavy (non-hydrogen) atoms. The monoisotopic (exact) mass is 380 g/mol. The van der Waals surface area contributed by atoms with Crippen molar-refractivity contribution in [1.82, 2.24) is 29.8 Å². The van der Waals surface area contributed by atoms with Crippen LogP contribution >= 0.6 is 0 Å². The summed E-state index contributed by atoms with van der Waals surface area (Å²) in [6, 6.07) is 1.78. The van der Waals surface area contributed by atoms with E-state index < -0.39 is 0 Å². The molecule has 1 saturated heterocycles. The smallest absolute Gasteiger partial charge is 0.257 e. The standard InChI is InChI=1S/C20H24N6O2/c1-12-9-16(18-13(2)24-28-14(18)3)23-19(22-12)17-7-5-6-8-26(17)20(27)15-10-21-25(4)11-15/h9-11,17H,5-8H2,1-4H3. The number of carbonyl (C=O) groups excluding carboxylic acids is 1. The number of hydrogen-bond donors (Lipinski definition) is 0. The first-order valence-corrected chi connectivity index (χ1v) is 9.52. The molecule has 0 saturated carbocycles. The molecule has 3 aromatic heterocycles. The lowest BCUT2D eigenvalue weighted by Crippen LogP contribution is -2.39. The summed E-state index contributed by atoms with van der Waals surface area (Å²) in [5, 5.41) is 8.17. The van der Waals surface area contributed by atoms with Crippen molar-refractivity contribution in [2.24, 2.45) is 7.05 Å². The average molecular weight is 380 g/mol. The van der Waals surface area contributed by atoms with Crippen molar-refractivity contribution in [3.05, 3.63) is 47.0 Å². The Morgan fingerprint density at radius 2 is 2.04 bits per heavy atom. The Balaban J connectivity index is 1.73. The van der Waals surface area contributed by atoms with E-state index in [0.29, 0.717) is 17.9 Å². The highest BCUT2D eigenvalue weighted by atomic mass is 16.5. The number of aromatic nitrogens is 5. The molecule has 0 aromatic carbocycles. The quantitative estimate of drug-likeness (QED) is 0.693. The third kappa shape index (κ3) is 3.30. The first-order chi connectivity index (χ1) is 13.4. The Labute approximate surface area is 163 Å². The van der Waals surface area contributed by atoms with Gasteiger partial charge in [-0.3, -0.25) is 9.48 Å². The lowest BCUT2D eigenvalue weighted by atomic mass is 10.00. The Hall–Kier alpha value is -3.03. The van der Waals surface area contributed by atoms with E-state index in [-0.39, 0.29) is 11.9 Å². The van der Waals surface area contributed by atoms with Gasteiger partial charge in [0.05, 0.1) is 34.8 Å². The maximum absolute atomic E-state index is 13.1. The van der Waals surface area contributed by atoms with E-state index in [1.165, 1.54) is 0 Å². The van der Waals surface area contributed by atoms with Crippen molar-refractivity contribution in [2.75, 3.05) is 6.54 Å². The molecule has 8 heteroatoms. The summed E-state index contributed by atoms with van der Waals surface area (Å²) >= 11 is 0. The predicted molar refractivity (Wildman–Crippen MR) is 103 cm³/mol. The molecule has 8 nitrogen and oxygen atoms in total. The van der Waals surface area contributed by atoms with Crippen LogP contribution in [0.4, 0.5) is 0 Å². The first-order valence-electron chi connectivity index (χ1n) is 9.52. The topological polar surface area (TPSA) is 89.9 Å². The Morgan fingerprint density at radius 3 is 2.71 bits per heavy atom. The molecule has 1 aliphatic heterocycles. The van der Waals surface area contributed by atoms with Crippen molar-refractivity contribution in [1.29, 1.82) is 0 Å². The van der Waals surface area contributed by atoms with Gasteiger partial charge in [-0.2, -0.15) is 5.10 Å². The number of amides is 1. The van der Waals surface area contributed by atoms with Gasteiger partial charge in [0.15, 0.2) is 5.82 Å². The van der Waals surface area contributed by atoms with Gasteiger partial charge < -0.3 is 9.42 Å². The minimum Gasteiger partial charge on any atom is -0.361 e. The van der Waals surface area contributed by atoms with E-state index in [9.17, 15) is 4.79 Å². The number of rotatable bonds is 3. The van der Waals surface area contributed by atoms with E-state index >= 15 is 0 Å². The molecular weight excluding hydrogens is 356 g/mol. The van der Waals surface area contributed by atoms with Crippen LogP contribution in [0.1, 0.15) is 58.6 Å². The molecule has 0 aliphatic carbocycles. The molecule has 1 amide bonds. The van der Waals surface area contributed by atoms with Crippen LogP contribution in [0, 0.1) is 20.8 Å². The third-order valence-corrected chi connectivity index (χ3v) is 5.17. The van der Waals surface area contributed by atoms with Crippen LogP contribution in [0.3, 0.4) is 0 Å². The number of hydrogen-bond acceptors (Lipinski definition) is 6. The molecular formula is C20H24N6O2. The summed E-state index contributed by atoms with van der Waals surface area (Å²) in [5.41, 5.74) is 3.94. The second-order valence-corrected chi connectivity index (χ2v) is 7.36. The summed E-state index contributed by atoms with van der Waals surface area (Å²) in [4.78, 5) is 24.5. The maximum Gasteiger partial charge on any atom is 0.257 e. The zero-order chi connectivity index (χ0) is 19.8. The van der Waals surface area contributed by atoms with Crippen LogP contribution in [0.25, 0.3) is 11.3 Å². The Morgan fingerprint density at radius 1 is 1.21 bits per heavy atom. The summed E-state index contributed by atoms with van der Waals surface area (Å²) < 4.78 is 6.95. The average Bonchev–Trinajstić information content (AvgIpc) is 3.26. The van der Waals surface area contributed by atoms with Gasteiger partial charge in [0, 0.05) is 25.5 Å². The molecule has 4 rings (SSSR count). The second kappa shape index (κ2) is 7.18. The predicted octanol–water partition coefficient (Wildman–Crippen LogP) is 3.16. The highest BCUT2D eigenvalue weighted by molar-refractivity contribution is 5.94. The van der Waals surface area contributed by atoms with Gasteiger partial charge in [-0.25, -0.2) is 9.97 Å².